The van der Waals surface area contributed by atoms with E-state index in [0.29, 0.717) is 0 Å². The van der Waals surface area contributed by atoms with E-state index in [9.17, 15) is 4.79 Å². The van der Waals surface area contributed by atoms with Crippen LogP contribution < -0.4 is 5.32 Å². The van der Waals surface area contributed by atoms with Crippen molar-refractivity contribution in [3.63, 3.8) is 0 Å². The van der Waals surface area contributed by atoms with Crippen molar-refractivity contribution in [2.45, 2.75) is 18.0 Å². The number of methoxy groups -OCH3 is 1. The van der Waals surface area contributed by atoms with Gasteiger partial charge in [0.15, 0.2) is 0 Å². The average Bonchev–Trinajstić information content (AvgIpc) is 3.52. The number of benzene rings is 3. The molecular formula is C24H23NO2. The van der Waals surface area contributed by atoms with E-state index in [-0.39, 0.29) is 17.9 Å². The van der Waals surface area contributed by atoms with Crippen LogP contribution in [0.1, 0.15) is 23.1 Å². The maximum atomic E-state index is 12.0. The molecule has 2 atom stereocenters. The summed E-state index contributed by atoms with van der Waals surface area (Å²) < 4.78 is 4.96. The lowest BCUT2D eigenvalue weighted by Gasteiger charge is -2.37. The molecule has 1 fully saturated rings. The van der Waals surface area contributed by atoms with E-state index in [0.717, 1.165) is 23.1 Å². The van der Waals surface area contributed by atoms with Crippen LogP contribution in [-0.2, 0) is 15.1 Å². The summed E-state index contributed by atoms with van der Waals surface area (Å²) >= 11 is 0. The number of hydrogen-bond donors (Lipinski definition) is 1. The summed E-state index contributed by atoms with van der Waals surface area (Å²) in [5.74, 6) is -0.235. The van der Waals surface area contributed by atoms with Crippen molar-refractivity contribution in [2.24, 2.45) is 5.92 Å². The van der Waals surface area contributed by atoms with E-state index in [1.807, 2.05) is 18.2 Å². The van der Waals surface area contributed by atoms with Crippen LogP contribution in [0.5, 0.6) is 0 Å². The van der Waals surface area contributed by atoms with E-state index in [1.165, 1.54) is 7.11 Å². The smallest absolute Gasteiger partial charge is 0.310 e. The van der Waals surface area contributed by atoms with E-state index < -0.39 is 5.54 Å². The van der Waals surface area contributed by atoms with Crippen LogP contribution in [0.3, 0.4) is 0 Å². The van der Waals surface area contributed by atoms with Gasteiger partial charge in [-0.25, -0.2) is 0 Å². The zero-order valence-corrected chi connectivity index (χ0v) is 15.3. The average molecular weight is 357 g/mol. The fourth-order valence-corrected chi connectivity index (χ4v) is 3.86. The molecule has 1 unspecified atom stereocenters. The summed E-state index contributed by atoms with van der Waals surface area (Å²) in [7, 11) is 1.45. The number of ether oxygens (including phenoxy) is 1. The molecule has 3 heteroatoms. The maximum Gasteiger partial charge on any atom is 0.310 e. The summed E-state index contributed by atoms with van der Waals surface area (Å²) in [6.07, 6.45) is 0.793. The van der Waals surface area contributed by atoms with Gasteiger partial charge in [-0.15, -0.1) is 0 Å². The Morgan fingerprint density at radius 2 is 1.22 bits per heavy atom. The van der Waals surface area contributed by atoms with E-state index in [2.05, 4.69) is 78.1 Å². The first kappa shape index (κ1) is 17.5. The number of carbonyl (C=O) groups excluding carboxylic acids is 1. The van der Waals surface area contributed by atoms with Crippen LogP contribution in [0, 0.1) is 5.92 Å². The first-order chi connectivity index (χ1) is 13.3. The minimum atomic E-state index is -0.531. The highest BCUT2D eigenvalue weighted by Gasteiger charge is 2.49. The molecular weight excluding hydrogens is 334 g/mol. The summed E-state index contributed by atoms with van der Waals surface area (Å²) in [6, 6.07) is 31.4. The van der Waals surface area contributed by atoms with Gasteiger partial charge in [-0.05, 0) is 23.1 Å². The van der Waals surface area contributed by atoms with Crippen LogP contribution in [0.15, 0.2) is 91.0 Å². The first-order valence-corrected chi connectivity index (χ1v) is 9.28. The Labute approximate surface area is 160 Å². The monoisotopic (exact) mass is 357 g/mol. The molecule has 1 saturated carbocycles. The highest BCUT2D eigenvalue weighted by Crippen LogP contribution is 2.42. The van der Waals surface area contributed by atoms with E-state index in [1.54, 1.807) is 0 Å². The Bertz CT molecular complexity index is 797. The van der Waals surface area contributed by atoms with Crippen LogP contribution in [0.25, 0.3) is 0 Å². The second-order valence-corrected chi connectivity index (χ2v) is 6.96. The number of esters is 1. The fourth-order valence-electron chi connectivity index (χ4n) is 3.86. The van der Waals surface area contributed by atoms with E-state index in [4.69, 9.17) is 4.74 Å². The summed E-state index contributed by atoms with van der Waals surface area (Å²) in [5, 5.41) is 3.82. The molecule has 1 aliphatic rings. The minimum absolute atomic E-state index is 0.0815. The minimum Gasteiger partial charge on any atom is -0.469 e. The standard InChI is InChI=1S/C24H23NO2/c1-27-23(26)21-17-22(21)25-24(18-11-5-2-6-12-18,19-13-7-3-8-14-19)20-15-9-4-10-16-20/h2-16,21-22,25H,17H2,1H3/t21?,22-/m1/s1. The summed E-state index contributed by atoms with van der Waals surface area (Å²) in [6.45, 7) is 0. The Hall–Kier alpha value is -2.91. The van der Waals surface area contributed by atoms with Gasteiger partial charge in [-0.1, -0.05) is 91.0 Å². The van der Waals surface area contributed by atoms with Crippen molar-refractivity contribution in [3.8, 4) is 0 Å². The predicted molar refractivity (Wildman–Crippen MR) is 106 cm³/mol. The molecule has 136 valence electrons. The van der Waals surface area contributed by atoms with Crippen LogP contribution >= 0.6 is 0 Å². The predicted octanol–water partition coefficient (Wildman–Crippen LogP) is 4.13. The number of nitrogens with one attached hydrogen (secondary N) is 1. The molecule has 0 heterocycles. The Morgan fingerprint density at radius 3 is 1.59 bits per heavy atom. The molecule has 0 amide bonds. The van der Waals surface area contributed by atoms with Gasteiger partial charge in [-0.3, -0.25) is 10.1 Å². The lowest BCUT2D eigenvalue weighted by molar-refractivity contribution is -0.142. The maximum absolute atomic E-state index is 12.0. The van der Waals surface area contributed by atoms with Crippen LogP contribution in [0.2, 0.25) is 0 Å². The van der Waals surface area contributed by atoms with Crippen molar-refractivity contribution < 1.29 is 9.53 Å². The van der Waals surface area contributed by atoms with Gasteiger partial charge in [0.1, 0.15) is 0 Å². The Balaban J connectivity index is 1.86. The van der Waals surface area contributed by atoms with Crippen LogP contribution in [0.4, 0.5) is 0 Å². The van der Waals surface area contributed by atoms with Gasteiger partial charge >= 0.3 is 5.97 Å². The van der Waals surface area contributed by atoms with Crippen molar-refractivity contribution in [1.82, 2.24) is 5.32 Å². The van der Waals surface area contributed by atoms with Gasteiger partial charge in [0, 0.05) is 6.04 Å². The SMILES string of the molecule is COC(=O)C1C[C@H]1NC(c1ccccc1)(c1ccccc1)c1ccccc1. The molecule has 3 aromatic rings. The van der Waals surface area contributed by atoms with Gasteiger partial charge in [0.2, 0.25) is 0 Å². The van der Waals surface area contributed by atoms with Crippen molar-refractivity contribution in [2.75, 3.05) is 7.11 Å². The van der Waals surface area contributed by atoms with Gasteiger partial charge in [0.25, 0.3) is 0 Å². The Morgan fingerprint density at radius 1 is 0.815 bits per heavy atom. The highest BCUT2D eigenvalue weighted by molar-refractivity contribution is 5.76. The van der Waals surface area contributed by atoms with E-state index >= 15 is 0 Å². The highest BCUT2D eigenvalue weighted by atomic mass is 16.5. The van der Waals surface area contributed by atoms with Gasteiger partial charge in [0.05, 0.1) is 18.6 Å². The van der Waals surface area contributed by atoms with Crippen molar-refractivity contribution in [3.05, 3.63) is 108 Å². The fraction of sp³-hybridized carbons (Fsp3) is 0.208. The third kappa shape index (κ3) is 3.26. The lowest BCUT2D eigenvalue weighted by atomic mass is 9.77. The zero-order valence-electron chi connectivity index (χ0n) is 15.3. The third-order valence-corrected chi connectivity index (χ3v) is 5.32. The number of hydrogen-bond acceptors (Lipinski definition) is 3. The molecule has 3 aromatic carbocycles. The molecule has 3 nitrogen and oxygen atoms in total. The zero-order chi connectivity index (χ0) is 18.7. The third-order valence-electron chi connectivity index (χ3n) is 5.32. The molecule has 0 bridgehead atoms. The molecule has 0 saturated heterocycles. The largest absolute Gasteiger partial charge is 0.469 e. The normalized spacial score (nSPS) is 18.7. The molecule has 0 spiro atoms. The van der Waals surface area contributed by atoms with Crippen molar-refractivity contribution >= 4 is 5.97 Å². The molecule has 4 rings (SSSR count). The summed E-state index contributed by atoms with van der Waals surface area (Å²) in [5.41, 5.74) is 2.92. The second-order valence-electron chi connectivity index (χ2n) is 6.96. The van der Waals surface area contributed by atoms with Crippen LogP contribution in [-0.4, -0.2) is 19.1 Å². The first-order valence-electron chi connectivity index (χ1n) is 9.28. The Kier molecular flexibility index (Phi) is 4.78. The molecule has 1 aliphatic carbocycles. The molecule has 1 N–H and O–H groups in total. The number of rotatable bonds is 6. The molecule has 0 radical (unpaired) electrons. The lowest BCUT2D eigenvalue weighted by Crippen LogP contribution is -2.46. The number of carbonyl (C=O) groups is 1. The van der Waals surface area contributed by atoms with Gasteiger partial charge in [-0.2, -0.15) is 0 Å². The second kappa shape index (κ2) is 7.37. The quantitative estimate of drug-likeness (QED) is 0.532. The summed E-state index contributed by atoms with van der Waals surface area (Å²) in [4.78, 5) is 12.0. The molecule has 27 heavy (non-hydrogen) atoms. The van der Waals surface area contributed by atoms with Gasteiger partial charge < -0.3 is 4.74 Å². The molecule has 0 aliphatic heterocycles. The topological polar surface area (TPSA) is 38.3 Å². The van der Waals surface area contributed by atoms with Crippen molar-refractivity contribution in [1.29, 1.82) is 0 Å². The molecule has 0 aromatic heterocycles.